The molecule has 0 saturated carbocycles. The molecule has 0 spiro atoms. The topological polar surface area (TPSA) is 66.6 Å². The van der Waals surface area contributed by atoms with Crippen LogP contribution in [0.5, 0.6) is 0 Å². The van der Waals surface area contributed by atoms with Gasteiger partial charge in [-0.25, -0.2) is 4.98 Å². The second-order valence-corrected chi connectivity index (χ2v) is 5.36. The van der Waals surface area contributed by atoms with Crippen molar-refractivity contribution in [3.63, 3.8) is 0 Å². The van der Waals surface area contributed by atoms with Crippen LogP contribution in [0.15, 0.2) is 0 Å². The van der Waals surface area contributed by atoms with Crippen LogP contribution in [0.1, 0.15) is 24.0 Å². The number of nitrogens with zero attached hydrogens (tertiary/aromatic N) is 2. The van der Waals surface area contributed by atoms with Gasteiger partial charge in [0.15, 0.2) is 5.82 Å². The molecule has 0 fully saturated rings. The maximum absolute atomic E-state index is 5.09. The highest BCUT2D eigenvalue weighted by molar-refractivity contribution is 7.71. The number of H-pyrrole nitrogens is 2. The van der Waals surface area contributed by atoms with E-state index in [9.17, 15) is 0 Å². The van der Waals surface area contributed by atoms with Crippen LogP contribution in [0, 0.1) is 4.77 Å². The average molecular weight is 284 g/mol. The lowest BCUT2D eigenvalue weighted by atomic mass is 10.2. The molecule has 0 atom stereocenters. The molecule has 5 nitrogen and oxygen atoms in total. The second kappa shape index (κ2) is 6.21. The first-order valence-electron chi connectivity index (χ1n) is 5.87. The maximum Gasteiger partial charge on any atom is 0.213 e. The molecule has 0 aliphatic heterocycles. The van der Waals surface area contributed by atoms with Crippen molar-refractivity contribution in [1.82, 2.24) is 20.2 Å². The molecule has 18 heavy (non-hydrogen) atoms. The van der Waals surface area contributed by atoms with Gasteiger partial charge in [0, 0.05) is 13.5 Å². The monoisotopic (exact) mass is 284 g/mol. The fraction of sp³-hybridized carbons (Fsp3) is 0.545. The van der Waals surface area contributed by atoms with E-state index in [4.69, 9.17) is 17.0 Å². The summed E-state index contributed by atoms with van der Waals surface area (Å²) >= 11 is 6.64. The molecule has 0 aromatic carbocycles. The Morgan fingerprint density at radius 3 is 2.72 bits per heavy atom. The summed E-state index contributed by atoms with van der Waals surface area (Å²) in [6.45, 7) is 2.83. The molecule has 2 N–H and O–H groups in total. The van der Waals surface area contributed by atoms with E-state index >= 15 is 0 Å². The summed E-state index contributed by atoms with van der Waals surface area (Å²) in [5, 5.41) is 6.89. The zero-order valence-corrected chi connectivity index (χ0v) is 12.1. The van der Waals surface area contributed by atoms with E-state index in [2.05, 4.69) is 27.1 Å². The lowest BCUT2D eigenvalue weighted by molar-refractivity contribution is 0.202. The van der Waals surface area contributed by atoms with E-state index in [1.807, 2.05) is 0 Å². The van der Waals surface area contributed by atoms with E-state index in [0.717, 1.165) is 40.7 Å². The molecule has 0 radical (unpaired) electrons. The summed E-state index contributed by atoms with van der Waals surface area (Å²) < 4.78 is 5.56. The van der Waals surface area contributed by atoms with E-state index in [0.29, 0.717) is 11.4 Å². The smallest absolute Gasteiger partial charge is 0.213 e. The first-order valence-corrected chi connectivity index (χ1v) is 7.09. The van der Waals surface area contributed by atoms with Gasteiger partial charge in [0.05, 0.1) is 22.2 Å². The molecular weight excluding hydrogens is 268 g/mol. The summed E-state index contributed by atoms with van der Waals surface area (Å²) in [5.41, 5.74) is 1.09. The van der Waals surface area contributed by atoms with Crippen LogP contribution < -0.4 is 0 Å². The summed E-state index contributed by atoms with van der Waals surface area (Å²) in [4.78, 5) is 9.99. The molecule has 2 aromatic heterocycles. The number of rotatable bonds is 6. The largest absolute Gasteiger partial charge is 0.384 e. The molecule has 7 heteroatoms. The van der Waals surface area contributed by atoms with Gasteiger partial charge < -0.3 is 4.74 Å². The van der Waals surface area contributed by atoms with Crippen LogP contribution in [0.4, 0.5) is 0 Å². The van der Waals surface area contributed by atoms with Crippen molar-refractivity contribution in [1.29, 1.82) is 0 Å². The van der Waals surface area contributed by atoms with Crippen molar-refractivity contribution in [3.05, 3.63) is 15.5 Å². The zero-order chi connectivity index (χ0) is 13.0. The Morgan fingerprint density at radius 2 is 2.11 bits per heavy atom. The predicted octanol–water partition coefficient (Wildman–Crippen LogP) is 2.73. The quantitative estimate of drug-likeness (QED) is 0.800. The Labute approximate surface area is 115 Å². The highest BCUT2D eigenvalue weighted by Crippen LogP contribution is 2.28. The Hall–Kier alpha value is -1.05. The van der Waals surface area contributed by atoms with Crippen molar-refractivity contribution in [3.8, 4) is 10.7 Å². The fourth-order valence-corrected chi connectivity index (χ4v) is 2.84. The van der Waals surface area contributed by atoms with Gasteiger partial charge in [-0.05, 0) is 18.6 Å². The van der Waals surface area contributed by atoms with Gasteiger partial charge in [-0.1, -0.05) is 13.3 Å². The molecule has 0 saturated heterocycles. The normalized spacial score (nSPS) is 11.0. The molecule has 0 aliphatic rings. The van der Waals surface area contributed by atoms with Gasteiger partial charge in [0.2, 0.25) is 4.77 Å². The lowest BCUT2D eigenvalue weighted by Gasteiger charge is -1.95. The average Bonchev–Trinajstić information content (AvgIpc) is 2.93. The first kappa shape index (κ1) is 13.4. The molecule has 2 heterocycles. The SMILES string of the molecule is CCCc1nc(CCOC)sc1-c1nc(=S)[nH][nH]1. The van der Waals surface area contributed by atoms with E-state index in [1.165, 1.54) is 0 Å². The molecule has 0 unspecified atom stereocenters. The predicted molar refractivity (Wildman–Crippen MR) is 74.5 cm³/mol. The minimum Gasteiger partial charge on any atom is -0.384 e. The molecule has 98 valence electrons. The Balaban J connectivity index is 2.31. The van der Waals surface area contributed by atoms with Gasteiger partial charge in [0.25, 0.3) is 0 Å². The number of nitrogens with one attached hydrogen (secondary N) is 2. The third-order valence-electron chi connectivity index (χ3n) is 2.46. The van der Waals surface area contributed by atoms with Crippen molar-refractivity contribution < 1.29 is 4.74 Å². The van der Waals surface area contributed by atoms with Gasteiger partial charge in [-0.2, -0.15) is 4.98 Å². The van der Waals surface area contributed by atoms with Gasteiger partial charge in [-0.15, -0.1) is 11.3 Å². The highest BCUT2D eigenvalue weighted by Gasteiger charge is 2.14. The second-order valence-electron chi connectivity index (χ2n) is 3.89. The first-order chi connectivity index (χ1) is 8.74. The van der Waals surface area contributed by atoms with Crippen molar-refractivity contribution >= 4 is 23.6 Å². The van der Waals surface area contributed by atoms with Crippen LogP contribution in [0.25, 0.3) is 10.7 Å². The molecule has 2 aromatic rings. The molecule has 0 bridgehead atoms. The van der Waals surface area contributed by atoms with Crippen LogP contribution in [-0.2, 0) is 17.6 Å². The van der Waals surface area contributed by atoms with E-state index in [1.54, 1.807) is 18.4 Å². The number of hydrogen-bond donors (Lipinski definition) is 2. The lowest BCUT2D eigenvalue weighted by Crippen LogP contribution is -1.94. The Kier molecular flexibility index (Phi) is 4.62. The fourth-order valence-electron chi connectivity index (χ4n) is 1.67. The number of thiazole rings is 1. The zero-order valence-electron chi connectivity index (χ0n) is 10.4. The van der Waals surface area contributed by atoms with Crippen LogP contribution in [-0.4, -0.2) is 33.9 Å². The minimum absolute atomic E-state index is 0.472. The molecular formula is C11H16N4OS2. The highest BCUT2D eigenvalue weighted by atomic mass is 32.1. The van der Waals surface area contributed by atoms with Crippen LogP contribution in [0.2, 0.25) is 0 Å². The van der Waals surface area contributed by atoms with Crippen molar-refractivity contribution in [2.75, 3.05) is 13.7 Å². The Morgan fingerprint density at radius 1 is 1.28 bits per heavy atom. The third kappa shape index (κ3) is 3.04. The standard InChI is InChI=1S/C11H16N4OS2/c1-3-4-7-9(10-13-11(17)15-14-10)18-8(12-7)5-6-16-2/h3-6H2,1-2H3,(H2,13,14,15,17). The number of ether oxygens (including phenoxy) is 1. The maximum atomic E-state index is 5.09. The summed E-state index contributed by atoms with van der Waals surface area (Å²) in [6.07, 6.45) is 2.85. The summed E-state index contributed by atoms with van der Waals surface area (Å²) in [7, 11) is 1.70. The summed E-state index contributed by atoms with van der Waals surface area (Å²) in [5.74, 6) is 0.782. The minimum atomic E-state index is 0.472. The molecule has 2 rings (SSSR count). The van der Waals surface area contributed by atoms with Crippen LogP contribution in [0.3, 0.4) is 0 Å². The number of aromatic amines is 2. The van der Waals surface area contributed by atoms with Crippen molar-refractivity contribution in [2.45, 2.75) is 26.2 Å². The van der Waals surface area contributed by atoms with E-state index < -0.39 is 0 Å². The number of aromatic nitrogens is 4. The van der Waals surface area contributed by atoms with Crippen molar-refractivity contribution in [2.24, 2.45) is 0 Å². The molecule has 0 amide bonds. The van der Waals surface area contributed by atoms with Gasteiger partial charge in [-0.3, -0.25) is 10.2 Å². The summed E-state index contributed by atoms with van der Waals surface area (Å²) in [6, 6.07) is 0. The number of aryl methyl sites for hydroxylation is 1. The number of methoxy groups -OCH3 is 1. The van der Waals surface area contributed by atoms with Crippen LogP contribution >= 0.6 is 23.6 Å². The number of hydrogen-bond acceptors (Lipinski definition) is 5. The van der Waals surface area contributed by atoms with Gasteiger partial charge in [0.1, 0.15) is 0 Å². The Bertz CT molecular complexity index is 557. The van der Waals surface area contributed by atoms with Gasteiger partial charge >= 0.3 is 0 Å². The van der Waals surface area contributed by atoms with E-state index in [-0.39, 0.29) is 0 Å². The molecule has 0 aliphatic carbocycles. The third-order valence-corrected chi connectivity index (χ3v) is 3.82.